The molecule has 0 spiro atoms. The fourth-order valence-electron chi connectivity index (χ4n) is 3.53. The number of ketones is 1. The largest absolute Gasteiger partial charge is 0.370 e. The molecule has 0 unspecified atom stereocenters. The van der Waals surface area contributed by atoms with Gasteiger partial charge in [-0.1, -0.05) is 19.0 Å². The predicted octanol–water partition coefficient (Wildman–Crippen LogP) is 4.55. The van der Waals surface area contributed by atoms with Crippen LogP contribution in [-0.4, -0.2) is 34.0 Å². The molecule has 2 aromatic rings. The Morgan fingerprint density at radius 3 is 2.38 bits per heavy atom. The van der Waals surface area contributed by atoms with Crippen LogP contribution in [0, 0.1) is 13.8 Å². The molecule has 6 nitrogen and oxygen atoms in total. The van der Waals surface area contributed by atoms with E-state index in [-0.39, 0.29) is 17.6 Å². The molecule has 140 valence electrons. The molecule has 1 fully saturated rings. The van der Waals surface area contributed by atoms with Crippen LogP contribution in [0.4, 0.5) is 5.69 Å². The number of anilines is 1. The molecule has 1 saturated heterocycles. The van der Waals surface area contributed by atoms with Crippen molar-refractivity contribution in [2.45, 2.75) is 59.3 Å². The highest BCUT2D eigenvalue weighted by molar-refractivity contribution is 9.10. The van der Waals surface area contributed by atoms with Crippen LogP contribution in [0.25, 0.3) is 0 Å². The Bertz CT molecular complexity index is 823. The van der Waals surface area contributed by atoms with Gasteiger partial charge in [0.1, 0.15) is 0 Å². The monoisotopic (exact) mass is 420 g/mol. The highest BCUT2D eigenvalue weighted by Gasteiger charge is 2.29. The zero-order chi connectivity index (χ0) is 19.0. The Balaban J connectivity index is 1.83. The number of aromatic nitrogens is 3. The van der Waals surface area contributed by atoms with E-state index in [9.17, 15) is 4.79 Å². The molecule has 2 aromatic heterocycles. The first-order valence-corrected chi connectivity index (χ1v) is 9.85. The third kappa shape index (κ3) is 3.54. The molecule has 1 aliphatic heterocycles. The predicted molar refractivity (Wildman–Crippen MR) is 104 cm³/mol. The molecular formula is C19H25BrN4O2. The van der Waals surface area contributed by atoms with Crippen molar-refractivity contribution >= 4 is 27.4 Å². The first-order chi connectivity index (χ1) is 12.3. The summed E-state index contributed by atoms with van der Waals surface area (Å²) in [7, 11) is 0. The van der Waals surface area contributed by atoms with Gasteiger partial charge in [0.25, 0.3) is 0 Å². The lowest BCUT2D eigenvalue weighted by Crippen LogP contribution is -2.34. The zero-order valence-electron chi connectivity index (χ0n) is 16.0. The Labute approximate surface area is 162 Å². The fourth-order valence-corrected chi connectivity index (χ4v) is 4.06. The summed E-state index contributed by atoms with van der Waals surface area (Å²) in [5.41, 5.74) is 3.37. The Hall–Kier alpha value is -1.76. The Kier molecular flexibility index (Phi) is 5.46. The number of carbonyl (C=O) groups is 1. The summed E-state index contributed by atoms with van der Waals surface area (Å²) in [5.74, 6) is 2.09. The number of pyridine rings is 1. The lowest BCUT2D eigenvalue weighted by atomic mass is 9.95. The van der Waals surface area contributed by atoms with Crippen molar-refractivity contribution in [2.24, 2.45) is 0 Å². The normalized spacial score (nSPS) is 15.7. The standard InChI is InChI=1S/C19H25BrN4O2/c1-10(2)18-22-19(26-23-18)14-6-8-24(9-7-14)17-15(13(5)25)11(3)21-12(4)16(17)20/h10,14H,6-9H2,1-5H3. The number of nitrogens with zero attached hydrogens (tertiary/aromatic N) is 4. The van der Waals surface area contributed by atoms with E-state index in [2.05, 4.69) is 49.8 Å². The number of piperidine rings is 1. The van der Waals surface area contributed by atoms with Gasteiger partial charge in [-0.25, -0.2) is 0 Å². The van der Waals surface area contributed by atoms with Crippen LogP contribution in [0.5, 0.6) is 0 Å². The van der Waals surface area contributed by atoms with Gasteiger partial charge in [0.05, 0.1) is 27.1 Å². The molecule has 7 heteroatoms. The molecule has 0 atom stereocenters. The number of rotatable bonds is 4. The van der Waals surface area contributed by atoms with Gasteiger partial charge in [-0.05, 0) is 49.5 Å². The second kappa shape index (κ2) is 7.47. The molecule has 0 aromatic carbocycles. The van der Waals surface area contributed by atoms with E-state index in [1.54, 1.807) is 6.92 Å². The summed E-state index contributed by atoms with van der Waals surface area (Å²) in [6.07, 6.45) is 1.84. The maximum absolute atomic E-state index is 12.2. The summed E-state index contributed by atoms with van der Waals surface area (Å²) in [6.45, 7) is 11.3. The topological polar surface area (TPSA) is 72.1 Å². The maximum Gasteiger partial charge on any atom is 0.229 e. The van der Waals surface area contributed by atoms with Crippen molar-refractivity contribution in [3.63, 3.8) is 0 Å². The first kappa shape index (κ1) is 19.0. The number of hydrogen-bond acceptors (Lipinski definition) is 6. The van der Waals surface area contributed by atoms with E-state index >= 15 is 0 Å². The lowest BCUT2D eigenvalue weighted by molar-refractivity contribution is 0.101. The fraction of sp³-hybridized carbons (Fsp3) is 0.579. The quantitative estimate of drug-likeness (QED) is 0.675. The van der Waals surface area contributed by atoms with Crippen molar-refractivity contribution < 1.29 is 9.32 Å². The third-order valence-electron chi connectivity index (χ3n) is 4.95. The molecule has 0 amide bonds. The van der Waals surface area contributed by atoms with Gasteiger partial charge in [-0.15, -0.1) is 0 Å². The minimum absolute atomic E-state index is 0.0475. The van der Waals surface area contributed by atoms with Gasteiger partial charge in [0.2, 0.25) is 5.89 Å². The van der Waals surface area contributed by atoms with Gasteiger partial charge >= 0.3 is 0 Å². The number of aryl methyl sites for hydroxylation is 2. The Morgan fingerprint density at radius 1 is 1.19 bits per heavy atom. The summed E-state index contributed by atoms with van der Waals surface area (Å²) in [6, 6.07) is 0. The summed E-state index contributed by atoms with van der Waals surface area (Å²) < 4.78 is 6.39. The molecule has 0 aliphatic carbocycles. The summed E-state index contributed by atoms with van der Waals surface area (Å²) in [5, 5.41) is 4.08. The summed E-state index contributed by atoms with van der Waals surface area (Å²) >= 11 is 3.65. The minimum atomic E-state index is 0.0475. The number of hydrogen-bond donors (Lipinski definition) is 0. The molecule has 0 N–H and O–H groups in total. The average Bonchev–Trinajstić information content (AvgIpc) is 3.08. The van der Waals surface area contributed by atoms with E-state index in [1.807, 2.05) is 13.8 Å². The molecule has 3 heterocycles. The van der Waals surface area contributed by atoms with Crippen LogP contribution in [-0.2, 0) is 0 Å². The molecule has 1 aliphatic rings. The van der Waals surface area contributed by atoms with Crippen molar-refractivity contribution in [1.82, 2.24) is 15.1 Å². The number of halogens is 1. The highest BCUT2D eigenvalue weighted by Crippen LogP contribution is 2.38. The molecule has 0 radical (unpaired) electrons. The van der Waals surface area contributed by atoms with E-state index in [4.69, 9.17) is 4.52 Å². The van der Waals surface area contributed by atoms with Crippen LogP contribution in [0.1, 0.15) is 78.9 Å². The lowest BCUT2D eigenvalue weighted by Gasteiger charge is -2.34. The van der Waals surface area contributed by atoms with Gasteiger partial charge in [-0.3, -0.25) is 9.78 Å². The first-order valence-electron chi connectivity index (χ1n) is 9.05. The average molecular weight is 421 g/mol. The van der Waals surface area contributed by atoms with E-state index < -0.39 is 0 Å². The second-order valence-electron chi connectivity index (χ2n) is 7.28. The van der Waals surface area contributed by atoms with Crippen LogP contribution >= 0.6 is 15.9 Å². The maximum atomic E-state index is 12.2. The highest BCUT2D eigenvalue weighted by atomic mass is 79.9. The van der Waals surface area contributed by atoms with Crippen molar-refractivity contribution in [3.05, 3.63) is 33.1 Å². The molecular weight excluding hydrogens is 396 g/mol. The second-order valence-corrected chi connectivity index (χ2v) is 8.08. The van der Waals surface area contributed by atoms with E-state index in [1.165, 1.54) is 0 Å². The summed E-state index contributed by atoms with van der Waals surface area (Å²) in [4.78, 5) is 23.6. The molecule has 26 heavy (non-hydrogen) atoms. The van der Waals surface area contributed by atoms with Gasteiger partial charge < -0.3 is 9.42 Å². The van der Waals surface area contributed by atoms with E-state index in [0.29, 0.717) is 5.56 Å². The zero-order valence-corrected chi connectivity index (χ0v) is 17.6. The van der Waals surface area contributed by atoms with Gasteiger partial charge in [-0.2, -0.15) is 4.98 Å². The molecule has 3 rings (SSSR count). The molecule has 0 bridgehead atoms. The Morgan fingerprint density at radius 2 is 1.85 bits per heavy atom. The number of carbonyl (C=O) groups excluding carboxylic acids is 1. The number of Topliss-reactive ketones (excluding diaryl/α,β-unsaturated/α-hetero) is 1. The van der Waals surface area contributed by atoms with Gasteiger partial charge in [0, 0.05) is 24.9 Å². The third-order valence-corrected chi connectivity index (χ3v) is 5.90. The minimum Gasteiger partial charge on any atom is -0.370 e. The van der Waals surface area contributed by atoms with Crippen molar-refractivity contribution in [1.29, 1.82) is 0 Å². The van der Waals surface area contributed by atoms with Crippen molar-refractivity contribution in [2.75, 3.05) is 18.0 Å². The van der Waals surface area contributed by atoms with Crippen LogP contribution in [0.15, 0.2) is 9.00 Å². The van der Waals surface area contributed by atoms with Crippen LogP contribution in [0.2, 0.25) is 0 Å². The van der Waals surface area contributed by atoms with Crippen LogP contribution in [0.3, 0.4) is 0 Å². The van der Waals surface area contributed by atoms with Crippen molar-refractivity contribution in [3.8, 4) is 0 Å². The van der Waals surface area contributed by atoms with Gasteiger partial charge in [0.15, 0.2) is 11.6 Å². The van der Waals surface area contributed by atoms with Crippen LogP contribution < -0.4 is 4.90 Å². The van der Waals surface area contributed by atoms with E-state index in [0.717, 1.165) is 59.2 Å². The SMILES string of the molecule is CC(=O)c1c(C)nc(C)c(Br)c1N1CCC(c2nc(C(C)C)no2)CC1. The smallest absolute Gasteiger partial charge is 0.229 e. The molecule has 0 saturated carbocycles.